The normalized spacial score (nSPS) is 30.2. The number of nitriles is 1. The molecule has 1 saturated carbocycles. The Balaban J connectivity index is 2.18. The monoisotopic (exact) mass is 159 g/mol. The molecule has 12 heavy (non-hydrogen) atoms. The van der Waals surface area contributed by atoms with Gasteiger partial charge in [-0.05, 0) is 18.8 Å². The summed E-state index contributed by atoms with van der Waals surface area (Å²) in [6.07, 6.45) is 4.24. The van der Waals surface area contributed by atoms with Crippen molar-refractivity contribution in [3.63, 3.8) is 0 Å². The number of fused-ring (bicyclic) bond motifs is 3. The second-order valence-electron chi connectivity index (χ2n) is 3.67. The van der Waals surface area contributed by atoms with E-state index in [-0.39, 0.29) is 0 Å². The van der Waals surface area contributed by atoms with Crippen LogP contribution in [-0.2, 0) is 6.54 Å². The van der Waals surface area contributed by atoms with Gasteiger partial charge in [-0.1, -0.05) is 0 Å². The van der Waals surface area contributed by atoms with Gasteiger partial charge >= 0.3 is 0 Å². The molecule has 2 atom stereocenters. The fourth-order valence-corrected chi connectivity index (χ4v) is 2.24. The Kier molecular flexibility index (Phi) is 0.984. The van der Waals surface area contributed by atoms with Crippen molar-refractivity contribution in [3.8, 4) is 6.07 Å². The second kappa shape index (κ2) is 1.89. The van der Waals surface area contributed by atoms with Crippen molar-refractivity contribution in [2.24, 2.45) is 5.92 Å². The van der Waals surface area contributed by atoms with Gasteiger partial charge in [0.25, 0.3) is 0 Å². The Bertz CT molecular complexity index is 372. The van der Waals surface area contributed by atoms with Crippen LogP contribution in [0.4, 0.5) is 0 Å². The first kappa shape index (κ1) is 6.24. The zero-order valence-electron chi connectivity index (χ0n) is 6.70. The number of rotatable bonds is 0. The van der Waals surface area contributed by atoms with Crippen LogP contribution in [0, 0.1) is 17.2 Å². The van der Waals surface area contributed by atoms with E-state index < -0.39 is 0 Å². The molecule has 3 nitrogen and oxygen atoms in total. The van der Waals surface area contributed by atoms with Crippen molar-refractivity contribution in [2.45, 2.75) is 25.3 Å². The molecule has 0 radical (unpaired) electrons. The first-order chi connectivity index (χ1) is 5.90. The maximum atomic E-state index is 8.82. The van der Waals surface area contributed by atoms with Crippen LogP contribution < -0.4 is 0 Å². The van der Waals surface area contributed by atoms with Crippen LogP contribution in [0.5, 0.6) is 0 Å². The third-order valence-electron chi connectivity index (χ3n) is 2.99. The highest BCUT2D eigenvalue weighted by molar-refractivity contribution is 5.37. The van der Waals surface area contributed by atoms with Crippen molar-refractivity contribution < 1.29 is 0 Å². The molecule has 1 aliphatic heterocycles. The summed E-state index contributed by atoms with van der Waals surface area (Å²) in [5.74, 6) is 1.53. The van der Waals surface area contributed by atoms with Gasteiger partial charge in [0.2, 0.25) is 0 Å². The molecule has 3 rings (SSSR count). The highest BCUT2D eigenvalue weighted by Crippen LogP contribution is 2.53. The van der Waals surface area contributed by atoms with Crippen molar-refractivity contribution >= 4 is 0 Å². The van der Waals surface area contributed by atoms with Gasteiger partial charge in [0.15, 0.2) is 0 Å². The lowest BCUT2D eigenvalue weighted by Crippen LogP contribution is -2.10. The lowest BCUT2D eigenvalue weighted by Gasteiger charge is -2.12. The average Bonchev–Trinajstić information content (AvgIpc) is 2.78. The minimum absolute atomic E-state index is 0.663. The molecule has 1 aromatic heterocycles. The second-order valence-corrected chi connectivity index (χ2v) is 3.67. The highest BCUT2D eigenvalue weighted by atomic mass is 15.3. The van der Waals surface area contributed by atoms with Crippen molar-refractivity contribution in [1.82, 2.24) is 9.78 Å². The fraction of sp³-hybridized carbons (Fsp3) is 0.556. The molecule has 2 heterocycles. The van der Waals surface area contributed by atoms with Gasteiger partial charge in [-0.2, -0.15) is 10.4 Å². The van der Waals surface area contributed by atoms with E-state index in [2.05, 4.69) is 11.2 Å². The number of hydrogen-bond acceptors (Lipinski definition) is 2. The molecule has 0 N–H and O–H groups in total. The predicted molar refractivity (Wildman–Crippen MR) is 42.4 cm³/mol. The molecule has 1 aromatic rings. The average molecular weight is 159 g/mol. The number of nitrogens with zero attached hydrogens (tertiary/aromatic N) is 3. The Morgan fingerprint density at radius 2 is 2.58 bits per heavy atom. The summed E-state index contributed by atoms with van der Waals surface area (Å²) in [5, 5.41) is 13.0. The Morgan fingerprint density at radius 1 is 1.67 bits per heavy atom. The smallest absolute Gasteiger partial charge is 0.103 e. The summed E-state index contributed by atoms with van der Waals surface area (Å²) in [4.78, 5) is 0. The van der Waals surface area contributed by atoms with E-state index in [1.165, 1.54) is 18.5 Å². The zero-order valence-corrected chi connectivity index (χ0v) is 6.70. The van der Waals surface area contributed by atoms with Gasteiger partial charge in [-0.25, -0.2) is 0 Å². The molecule has 2 unspecified atom stereocenters. The Hall–Kier alpha value is -1.30. The lowest BCUT2D eigenvalue weighted by atomic mass is 10.1. The van der Waals surface area contributed by atoms with Crippen LogP contribution in [-0.4, -0.2) is 9.78 Å². The number of hydrogen-bond donors (Lipinski definition) is 0. The Morgan fingerprint density at radius 3 is 3.42 bits per heavy atom. The van der Waals surface area contributed by atoms with E-state index >= 15 is 0 Å². The lowest BCUT2D eigenvalue weighted by molar-refractivity contribution is 0.481. The van der Waals surface area contributed by atoms with Gasteiger partial charge in [0.1, 0.15) is 6.07 Å². The summed E-state index contributed by atoms with van der Waals surface area (Å²) in [7, 11) is 0. The first-order valence-electron chi connectivity index (χ1n) is 4.36. The topological polar surface area (TPSA) is 41.6 Å². The first-order valence-corrected chi connectivity index (χ1v) is 4.36. The molecule has 0 aromatic carbocycles. The summed E-state index contributed by atoms with van der Waals surface area (Å²) >= 11 is 0. The fourth-order valence-electron chi connectivity index (χ4n) is 2.24. The van der Waals surface area contributed by atoms with Crippen LogP contribution in [0.15, 0.2) is 6.20 Å². The maximum Gasteiger partial charge on any atom is 0.103 e. The van der Waals surface area contributed by atoms with Gasteiger partial charge in [-0.15, -0.1) is 0 Å². The molecule has 0 bridgehead atoms. The van der Waals surface area contributed by atoms with E-state index in [0.717, 1.165) is 18.0 Å². The molecule has 3 heteroatoms. The van der Waals surface area contributed by atoms with Gasteiger partial charge in [0, 0.05) is 12.5 Å². The third kappa shape index (κ3) is 0.626. The standard InChI is InChI=1S/C9H9N3/c10-4-7-5-11-12-2-1-6-3-8(6)9(7)12/h5-6,8H,1-3H2. The predicted octanol–water partition coefficient (Wildman–Crippen LogP) is 1.26. The van der Waals surface area contributed by atoms with E-state index in [1.54, 1.807) is 6.20 Å². The third-order valence-corrected chi connectivity index (χ3v) is 2.99. The molecule has 1 aliphatic carbocycles. The van der Waals surface area contributed by atoms with Crippen molar-refractivity contribution in [2.75, 3.05) is 0 Å². The minimum Gasteiger partial charge on any atom is -0.268 e. The van der Waals surface area contributed by atoms with E-state index in [4.69, 9.17) is 5.26 Å². The summed E-state index contributed by atoms with van der Waals surface area (Å²) in [5.41, 5.74) is 2.00. The molecule has 2 aliphatic rings. The minimum atomic E-state index is 0.663. The molecule has 0 amide bonds. The van der Waals surface area contributed by atoms with Crippen LogP contribution in [0.25, 0.3) is 0 Å². The van der Waals surface area contributed by atoms with Gasteiger partial charge in [0.05, 0.1) is 17.5 Å². The summed E-state index contributed by atoms with van der Waals surface area (Å²) in [6.45, 7) is 1.01. The highest BCUT2D eigenvalue weighted by Gasteiger charge is 2.44. The van der Waals surface area contributed by atoms with Crippen LogP contribution in [0.2, 0.25) is 0 Å². The number of aryl methyl sites for hydroxylation is 1. The molecular formula is C9H9N3. The molecular weight excluding hydrogens is 150 g/mol. The zero-order chi connectivity index (χ0) is 8.13. The Labute approximate surface area is 70.6 Å². The van der Waals surface area contributed by atoms with Gasteiger partial charge in [-0.3, -0.25) is 4.68 Å². The molecule has 0 saturated heterocycles. The molecule has 1 fully saturated rings. The maximum absolute atomic E-state index is 8.82. The van der Waals surface area contributed by atoms with Crippen LogP contribution in [0.1, 0.15) is 30.0 Å². The van der Waals surface area contributed by atoms with E-state index in [9.17, 15) is 0 Å². The van der Waals surface area contributed by atoms with Crippen LogP contribution in [0.3, 0.4) is 0 Å². The SMILES string of the molecule is N#Cc1cnn2c1C1CC1CC2. The van der Waals surface area contributed by atoms with Crippen LogP contribution >= 0.6 is 0 Å². The molecule has 60 valence electrons. The largest absolute Gasteiger partial charge is 0.268 e. The van der Waals surface area contributed by atoms with Crippen molar-refractivity contribution in [1.29, 1.82) is 5.26 Å². The summed E-state index contributed by atoms with van der Waals surface area (Å²) in [6, 6.07) is 2.21. The molecule has 0 spiro atoms. The van der Waals surface area contributed by atoms with E-state index in [1.807, 2.05) is 4.68 Å². The van der Waals surface area contributed by atoms with Gasteiger partial charge < -0.3 is 0 Å². The quantitative estimate of drug-likeness (QED) is 0.572. The van der Waals surface area contributed by atoms with E-state index in [0.29, 0.717) is 5.92 Å². The number of aromatic nitrogens is 2. The summed E-state index contributed by atoms with van der Waals surface area (Å²) < 4.78 is 2.01. The van der Waals surface area contributed by atoms with Crippen molar-refractivity contribution in [3.05, 3.63) is 17.5 Å².